The van der Waals surface area contributed by atoms with Gasteiger partial charge in [0.1, 0.15) is 12.0 Å². The van der Waals surface area contributed by atoms with E-state index < -0.39 is 29.8 Å². The molecule has 0 aromatic carbocycles. The summed E-state index contributed by atoms with van der Waals surface area (Å²) in [7, 11) is 0. The third-order valence-electron chi connectivity index (χ3n) is 3.71. The van der Waals surface area contributed by atoms with Crippen molar-refractivity contribution in [1.29, 1.82) is 0 Å². The quantitative estimate of drug-likeness (QED) is 0.626. The predicted molar refractivity (Wildman–Crippen MR) is 65.9 cm³/mol. The lowest BCUT2D eigenvalue weighted by atomic mass is 9.83. The van der Waals surface area contributed by atoms with Crippen LogP contribution in [0.2, 0.25) is 0 Å². The molecule has 0 spiro atoms. The Morgan fingerprint density at radius 1 is 1.15 bits per heavy atom. The van der Waals surface area contributed by atoms with Gasteiger partial charge < -0.3 is 10.1 Å². The van der Waals surface area contributed by atoms with Gasteiger partial charge in [0.2, 0.25) is 0 Å². The van der Waals surface area contributed by atoms with E-state index in [0.29, 0.717) is 0 Å². The van der Waals surface area contributed by atoms with Gasteiger partial charge >= 0.3 is 17.8 Å². The Kier molecular flexibility index (Phi) is 5.05. The SMILES string of the molecule is CC(C)(OC(=O)CC(F)(F)C(C)(F)F)C1CCNCC1. The van der Waals surface area contributed by atoms with Crippen LogP contribution in [0.5, 0.6) is 0 Å². The van der Waals surface area contributed by atoms with E-state index in [1.807, 2.05) is 0 Å². The number of esters is 1. The van der Waals surface area contributed by atoms with Crippen molar-refractivity contribution in [2.24, 2.45) is 5.92 Å². The fourth-order valence-corrected chi connectivity index (χ4v) is 2.27. The number of rotatable bonds is 5. The molecule has 1 N–H and O–H groups in total. The van der Waals surface area contributed by atoms with E-state index in [4.69, 9.17) is 4.74 Å². The normalized spacial score (nSPS) is 18.9. The van der Waals surface area contributed by atoms with Crippen LogP contribution in [0.4, 0.5) is 17.6 Å². The fraction of sp³-hybridized carbons (Fsp3) is 0.923. The van der Waals surface area contributed by atoms with Crippen LogP contribution in [0.3, 0.4) is 0 Å². The van der Waals surface area contributed by atoms with Gasteiger partial charge in [0, 0.05) is 12.8 Å². The van der Waals surface area contributed by atoms with Crippen LogP contribution in [-0.4, -0.2) is 36.5 Å². The van der Waals surface area contributed by atoms with E-state index in [9.17, 15) is 22.4 Å². The lowest BCUT2D eigenvalue weighted by molar-refractivity contribution is -0.213. The number of hydrogen-bond donors (Lipinski definition) is 1. The molecule has 1 rings (SSSR count). The van der Waals surface area contributed by atoms with Crippen LogP contribution in [0.15, 0.2) is 0 Å². The summed E-state index contributed by atoms with van der Waals surface area (Å²) in [5.41, 5.74) is -0.932. The number of hydrogen-bond acceptors (Lipinski definition) is 3. The van der Waals surface area contributed by atoms with E-state index in [-0.39, 0.29) is 12.8 Å². The Balaban J connectivity index is 2.61. The van der Waals surface area contributed by atoms with Gasteiger partial charge in [0.15, 0.2) is 0 Å². The molecule has 0 aromatic heterocycles. The highest BCUT2D eigenvalue weighted by Crippen LogP contribution is 2.37. The molecule has 0 aliphatic carbocycles. The molecule has 3 nitrogen and oxygen atoms in total. The molecule has 1 aliphatic heterocycles. The fourth-order valence-electron chi connectivity index (χ4n) is 2.27. The number of alkyl halides is 4. The lowest BCUT2D eigenvalue weighted by Crippen LogP contribution is -2.45. The van der Waals surface area contributed by atoms with E-state index >= 15 is 0 Å². The first kappa shape index (κ1) is 17.2. The highest BCUT2D eigenvalue weighted by Gasteiger charge is 2.54. The van der Waals surface area contributed by atoms with Crippen molar-refractivity contribution in [2.45, 2.75) is 57.5 Å². The highest BCUT2D eigenvalue weighted by atomic mass is 19.3. The van der Waals surface area contributed by atoms with Crippen molar-refractivity contribution in [3.8, 4) is 0 Å². The van der Waals surface area contributed by atoms with Crippen molar-refractivity contribution in [3.63, 3.8) is 0 Å². The molecule has 0 saturated carbocycles. The van der Waals surface area contributed by atoms with Crippen molar-refractivity contribution >= 4 is 5.97 Å². The summed E-state index contributed by atoms with van der Waals surface area (Å²) < 4.78 is 56.7. The second-order valence-corrected chi connectivity index (χ2v) is 5.87. The average molecular weight is 299 g/mol. The van der Waals surface area contributed by atoms with Crippen LogP contribution in [-0.2, 0) is 9.53 Å². The largest absolute Gasteiger partial charge is 0.459 e. The Bertz CT molecular complexity index is 347. The zero-order chi connectivity index (χ0) is 15.6. The summed E-state index contributed by atoms with van der Waals surface area (Å²) in [6.45, 7) is 4.87. The van der Waals surface area contributed by atoms with Crippen molar-refractivity contribution in [1.82, 2.24) is 5.32 Å². The molecule has 1 fully saturated rings. The monoisotopic (exact) mass is 299 g/mol. The molecule has 0 radical (unpaired) electrons. The molecule has 0 aromatic rings. The lowest BCUT2D eigenvalue weighted by Gasteiger charge is -2.37. The molecule has 118 valence electrons. The van der Waals surface area contributed by atoms with Crippen LogP contribution in [0.1, 0.15) is 40.0 Å². The number of carbonyl (C=O) groups is 1. The molecule has 7 heteroatoms. The Labute approximate surface area is 116 Å². The molecule has 1 heterocycles. The molecule has 0 atom stereocenters. The summed E-state index contributed by atoms with van der Waals surface area (Å²) in [6.07, 6.45) is -0.105. The average Bonchev–Trinajstić information content (AvgIpc) is 2.27. The standard InChI is InChI=1S/C13H21F4NO2/c1-11(2,9-4-6-18-7-5-9)20-10(19)8-13(16,17)12(3,14)15/h9,18H,4-8H2,1-3H3. The van der Waals surface area contributed by atoms with Gasteiger partial charge in [-0.1, -0.05) is 0 Å². The Morgan fingerprint density at radius 3 is 2.10 bits per heavy atom. The predicted octanol–water partition coefficient (Wildman–Crippen LogP) is 2.99. The van der Waals surface area contributed by atoms with Crippen LogP contribution < -0.4 is 5.32 Å². The number of ether oxygens (including phenoxy) is 1. The van der Waals surface area contributed by atoms with Crippen LogP contribution >= 0.6 is 0 Å². The highest BCUT2D eigenvalue weighted by molar-refractivity contribution is 5.71. The molecule has 0 unspecified atom stereocenters. The molecule has 1 aliphatic rings. The Morgan fingerprint density at radius 2 is 1.65 bits per heavy atom. The van der Waals surface area contributed by atoms with Crippen LogP contribution in [0.25, 0.3) is 0 Å². The summed E-state index contributed by atoms with van der Waals surface area (Å²) in [5.74, 6) is -9.90. The van der Waals surface area contributed by atoms with Gasteiger partial charge in [-0.15, -0.1) is 0 Å². The molecular weight excluding hydrogens is 278 g/mol. The summed E-state index contributed by atoms with van der Waals surface area (Å²) in [4.78, 5) is 11.5. The minimum atomic E-state index is -4.39. The van der Waals surface area contributed by atoms with E-state index in [1.165, 1.54) is 0 Å². The van der Waals surface area contributed by atoms with Gasteiger partial charge in [-0.05, 0) is 39.8 Å². The van der Waals surface area contributed by atoms with Crippen molar-refractivity contribution in [2.75, 3.05) is 13.1 Å². The number of nitrogens with one attached hydrogen (secondary N) is 1. The summed E-state index contributed by atoms with van der Waals surface area (Å²) >= 11 is 0. The second kappa shape index (κ2) is 5.87. The number of carbonyl (C=O) groups excluding carboxylic acids is 1. The maximum absolute atomic E-state index is 13.1. The van der Waals surface area contributed by atoms with Gasteiger partial charge in [0.25, 0.3) is 0 Å². The number of halogens is 4. The van der Waals surface area contributed by atoms with Crippen molar-refractivity contribution in [3.05, 3.63) is 0 Å². The zero-order valence-corrected chi connectivity index (χ0v) is 11.9. The third-order valence-corrected chi connectivity index (χ3v) is 3.71. The summed E-state index contributed by atoms with van der Waals surface area (Å²) in [6, 6.07) is 0. The first-order chi connectivity index (χ1) is 8.96. The van der Waals surface area contributed by atoms with Gasteiger partial charge in [-0.25, -0.2) is 8.78 Å². The van der Waals surface area contributed by atoms with E-state index in [2.05, 4.69) is 5.32 Å². The molecule has 1 saturated heterocycles. The van der Waals surface area contributed by atoms with E-state index in [1.54, 1.807) is 13.8 Å². The van der Waals surface area contributed by atoms with Gasteiger partial charge in [-0.2, -0.15) is 8.78 Å². The number of piperidine rings is 1. The van der Waals surface area contributed by atoms with Crippen LogP contribution in [0, 0.1) is 5.92 Å². The summed E-state index contributed by atoms with van der Waals surface area (Å²) in [5, 5.41) is 3.14. The second-order valence-electron chi connectivity index (χ2n) is 5.87. The first-order valence-electron chi connectivity index (χ1n) is 6.64. The minimum absolute atomic E-state index is 0.0310. The van der Waals surface area contributed by atoms with Gasteiger partial charge in [-0.3, -0.25) is 4.79 Å². The maximum Gasteiger partial charge on any atom is 0.320 e. The maximum atomic E-state index is 13.1. The van der Waals surface area contributed by atoms with Gasteiger partial charge in [0.05, 0.1) is 0 Å². The zero-order valence-electron chi connectivity index (χ0n) is 11.9. The molecular formula is C13H21F4NO2. The van der Waals surface area contributed by atoms with Crippen molar-refractivity contribution < 1.29 is 27.1 Å². The smallest absolute Gasteiger partial charge is 0.320 e. The molecule has 0 amide bonds. The Hall–Kier alpha value is -0.850. The first-order valence-corrected chi connectivity index (χ1v) is 6.64. The van der Waals surface area contributed by atoms with E-state index in [0.717, 1.165) is 25.9 Å². The molecule has 0 bridgehead atoms. The molecule has 20 heavy (non-hydrogen) atoms. The minimum Gasteiger partial charge on any atom is -0.459 e. The third kappa shape index (κ3) is 4.33. The topological polar surface area (TPSA) is 38.3 Å².